The highest BCUT2D eigenvalue weighted by Gasteiger charge is 2.76. The van der Waals surface area contributed by atoms with E-state index in [4.69, 9.17) is 24.7 Å². The first-order valence-electron chi connectivity index (χ1n) is 23.6. The highest BCUT2D eigenvalue weighted by atomic mass is 16.6. The Morgan fingerprint density at radius 2 is 1.50 bits per heavy atom. The molecule has 2 saturated heterocycles. The molecule has 74 heavy (non-hydrogen) atoms. The highest BCUT2D eigenvalue weighted by Crippen LogP contribution is 2.66. The minimum Gasteiger partial charge on any atom is -0.508 e. The van der Waals surface area contributed by atoms with Crippen molar-refractivity contribution >= 4 is 41.3 Å². The van der Waals surface area contributed by atoms with Gasteiger partial charge in [-0.2, -0.15) is 0 Å². The molecule has 0 aromatic heterocycles. The van der Waals surface area contributed by atoms with Crippen LogP contribution in [0.1, 0.15) is 62.7 Å². The van der Waals surface area contributed by atoms with Crippen LogP contribution in [0, 0.1) is 27.9 Å². The summed E-state index contributed by atoms with van der Waals surface area (Å²) in [6.07, 6.45) is -1.76. The molecule has 6 aromatic carbocycles. The Balaban J connectivity index is 1.22. The number of esters is 1. The average Bonchev–Trinajstić information content (AvgIpc) is 4.03. The molecular formula is C56H48N6O12. The predicted octanol–water partition coefficient (Wildman–Crippen LogP) is 6.92. The maximum atomic E-state index is 16.7. The summed E-state index contributed by atoms with van der Waals surface area (Å²) < 4.78 is 23.8. The third-order valence-corrected chi connectivity index (χ3v) is 14.2. The monoisotopic (exact) mass is 996 g/mol. The summed E-state index contributed by atoms with van der Waals surface area (Å²) in [6, 6.07) is 33.9. The number of benzene rings is 6. The van der Waals surface area contributed by atoms with Crippen LogP contribution in [0.5, 0.6) is 17.2 Å². The van der Waals surface area contributed by atoms with E-state index in [1.807, 2.05) is 71.6 Å². The number of rotatable bonds is 10. The van der Waals surface area contributed by atoms with Crippen molar-refractivity contribution in [2.45, 2.75) is 49.2 Å². The van der Waals surface area contributed by atoms with Crippen LogP contribution >= 0.6 is 0 Å². The number of fused-ring (bicyclic) bond motifs is 4. The number of aromatic hydroxyl groups is 1. The molecule has 18 nitrogen and oxygen atoms in total. The quantitative estimate of drug-likeness (QED) is 0.0548. The molecular weight excluding hydrogens is 949 g/mol. The summed E-state index contributed by atoms with van der Waals surface area (Å²) in [5.41, 5.74) is 7.26. The van der Waals surface area contributed by atoms with Crippen LogP contribution in [0.15, 0.2) is 140 Å². The molecule has 1 spiro atoms. The van der Waals surface area contributed by atoms with Gasteiger partial charge in [-0.15, -0.1) is 0 Å². The molecule has 6 aromatic rings. The molecule has 0 aliphatic carbocycles. The molecule has 6 atom stereocenters. The van der Waals surface area contributed by atoms with E-state index in [0.717, 1.165) is 16.0 Å². The van der Waals surface area contributed by atoms with Gasteiger partial charge in [-0.05, 0) is 100.0 Å². The minimum atomic E-state index is -2.18. The third-order valence-electron chi connectivity index (χ3n) is 14.2. The van der Waals surface area contributed by atoms with Crippen molar-refractivity contribution in [3.8, 4) is 29.1 Å². The number of methoxy groups -OCH3 is 2. The van der Waals surface area contributed by atoms with Gasteiger partial charge in [0.2, 0.25) is 11.8 Å². The van der Waals surface area contributed by atoms with Gasteiger partial charge in [-0.3, -0.25) is 29.4 Å². The number of morpholine rings is 1. The zero-order valence-electron chi connectivity index (χ0n) is 40.0. The summed E-state index contributed by atoms with van der Waals surface area (Å²) >= 11 is 0. The van der Waals surface area contributed by atoms with Gasteiger partial charge in [-0.1, -0.05) is 84.6 Å². The number of nitro groups is 1. The van der Waals surface area contributed by atoms with E-state index in [9.17, 15) is 24.8 Å². The molecule has 0 saturated carbocycles. The Bertz CT molecular complexity index is 3270. The number of amides is 5. The lowest BCUT2D eigenvalue weighted by Gasteiger charge is -2.46. The molecule has 10 rings (SSSR count). The van der Waals surface area contributed by atoms with Gasteiger partial charge in [0.25, 0.3) is 5.69 Å². The smallest absolute Gasteiger partial charge is 0.421 e. The average molecular weight is 997 g/mol. The van der Waals surface area contributed by atoms with Crippen molar-refractivity contribution in [1.29, 1.82) is 0 Å². The Labute approximate surface area is 424 Å². The number of hydrogen-bond acceptors (Lipinski definition) is 13. The zero-order valence-corrected chi connectivity index (χ0v) is 40.0. The van der Waals surface area contributed by atoms with Crippen LogP contribution in [-0.4, -0.2) is 83.1 Å². The fraction of sp³-hybridized carbons (Fsp3) is 0.232. The molecule has 4 aliphatic heterocycles. The van der Waals surface area contributed by atoms with E-state index in [1.54, 1.807) is 35.2 Å². The summed E-state index contributed by atoms with van der Waals surface area (Å²) in [4.78, 5) is 90.5. The third kappa shape index (κ3) is 8.41. The van der Waals surface area contributed by atoms with Crippen molar-refractivity contribution in [2.24, 2.45) is 11.7 Å². The van der Waals surface area contributed by atoms with Crippen molar-refractivity contribution < 1.29 is 52.9 Å². The van der Waals surface area contributed by atoms with Gasteiger partial charge in [0.1, 0.15) is 29.9 Å². The van der Waals surface area contributed by atoms with Gasteiger partial charge < -0.3 is 40.0 Å². The van der Waals surface area contributed by atoms with Crippen LogP contribution in [0.2, 0.25) is 0 Å². The molecule has 4 heterocycles. The van der Waals surface area contributed by atoms with Crippen LogP contribution in [0.3, 0.4) is 0 Å². The van der Waals surface area contributed by atoms with Gasteiger partial charge in [0.15, 0.2) is 11.5 Å². The molecule has 18 heteroatoms. The van der Waals surface area contributed by atoms with E-state index in [-0.39, 0.29) is 42.3 Å². The standard InChI is InChI=1S/C56H48N6O12/c1-71-44-29-38-25-27-59(31-39(38)30-45(44)72-2)51(64)46-48-52(65)74-49(36-13-7-4-8-14-36)47(35-11-5-3-6-12-35)61(48)50(37-18-22-41(63)23-19-37)56(46)42-28-33(10-9-26-58-54(57)67)17-24-43(42)60(53(56)66)55(68)73-32-34-15-20-40(21-16-34)62(69)70/h3-8,11-24,28-30,46-50,63H,25-27,31-32H2,1-2H3,(H3,57,58,67). The summed E-state index contributed by atoms with van der Waals surface area (Å²) in [5.74, 6) is 2.83. The Morgan fingerprint density at radius 3 is 2.15 bits per heavy atom. The second kappa shape index (κ2) is 19.8. The first kappa shape index (κ1) is 48.4. The summed E-state index contributed by atoms with van der Waals surface area (Å²) in [5, 5.41) is 24.7. The largest absolute Gasteiger partial charge is 0.508 e. The Morgan fingerprint density at radius 1 is 0.838 bits per heavy atom. The van der Waals surface area contributed by atoms with Crippen molar-refractivity contribution in [2.75, 3.05) is 32.2 Å². The number of ether oxygens (including phenoxy) is 4. The first-order chi connectivity index (χ1) is 35.8. The number of nitrogens with one attached hydrogen (secondary N) is 1. The lowest BCUT2D eigenvalue weighted by atomic mass is 9.64. The van der Waals surface area contributed by atoms with E-state index in [0.29, 0.717) is 45.7 Å². The molecule has 4 N–H and O–H groups in total. The second-order valence-corrected chi connectivity index (χ2v) is 18.2. The minimum absolute atomic E-state index is 0.0380. The number of hydrogen-bond donors (Lipinski definition) is 3. The lowest BCUT2D eigenvalue weighted by molar-refractivity contribution is -0.384. The number of anilines is 1. The number of non-ortho nitro benzene ring substituents is 1. The fourth-order valence-corrected chi connectivity index (χ4v) is 11.1. The highest BCUT2D eigenvalue weighted by molar-refractivity contribution is 6.23. The summed E-state index contributed by atoms with van der Waals surface area (Å²) in [6.45, 7) is -0.333. The van der Waals surface area contributed by atoms with Crippen LogP contribution in [0.25, 0.3) is 0 Å². The molecule has 2 fully saturated rings. The normalized spacial score (nSPS) is 21.6. The topological polar surface area (TPSA) is 233 Å². The molecule has 0 bridgehead atoms. The van der Waals surface area contributed by atoms with Crippen LogP contribution in [0.4, 0.5) is 21.0 Å². The zero-order chi connectivity index (χ0) is 51.8. The van der Waals surface area contributed by atoms with E-state index in [1.165, 1.54) is 56.7 Å². The molecule has 6 unspecified atom stereocenters. The fourth-order valence-electron chi connectivity index (χ4n) is 11.1. The second-order valence-electron chi connectivity index (χ2n) is 18.2. The van der Waals surface area contributed by atoms with Gasteiger partial charge >= 0.3 is 18.1 Å². The number of nitro benzene ring substituents is 1. The van der Waals surface area contributed by atoms with E-state index >= 15 is 14.4 Å². The van der Waals surface area contributed by atoms with Gasteiger partial charge in [-0.25, -0.2) is 14.5 Å². The van der Waals surface area contributed by atoms with Crippen molar-refractivity contribution in [3.63, 3.8) is 0 Å². The lowest BCUT2D eigenvalue weighted by Crippen LogP contribution is -2.57. The maximum Gasteiger partial charge on any atom is 0.421 e. The maximum absolute atomic E-state index is 16.7. The van der Waals surface area contributed by atoms with Crippen LogP contribution < -0.4 is 25.4 Å². The van der Waals surface area contributed by atoms with E-state index < -0.39 is 77.0 Å². The predicted molar refractivity (Wildman–Crippen MR) is 266 cm³/mol. The number of primary amides is 1. The number of urea groups is 1. The number of phenols is 1. The van der Waals surface area contributed by atoms with E-state index in [2.05, 4.69) is 17.2 Å². The number of imide groups is 1. The molecule has 4 aliphatic rings. The van der Waals surface area contributed by atoms with Gasteiger partial charge in [0.05, 0.1) is 49.4 Å². The number of cyclic esters (lactones) is 1. The molecule has 0 radical (unpaired) electrons. The van der Waals surface area contributed by atoms with Crippen LogP contribution in [-0.2, 0) is 48.8 Å². The number of nitrogens with two attached hydrogens (primary N) is 1. The number of carbonyl (C=O) groups excluding carboxylic acids is 5. The molecule has 374 valence electrons. The van der Waals surface area contributed by atoms with Crippen molar-refractivity contribution in [3.05, 3.63) is 194 Å². The Hall–Kier alpha value is -9.21. The van der Waals surface area contributed by atoms with Crippen molar-refractivity contribution in [1.82, 2.24) is 15.1 Å². The summed E-state index contributed by atoms with van der Waals surface area (Å²) in [7, 11) is 3.04. The Kier molecular flexibility index (Phi) is 12.9. The van der Waals surface area contributed by atoms with Gasteiger partial charge in [0, 0.05) is 30.8 Å². The first-order valence-corrected chi connectivity index (χ1v) is 23.6. The molecule has 5 amide bonds. The number of nitrogens with zero attached hydrogens (tertiary/aromatic N) is 4. The SMILES string of the molecule is COc1cc2c(cc1OC)CN(C(=O)C1C3C(=O)OC(c4ccccc4)C(c4ccccc4)N3C(c3ccc(O)cc3)C13C(=O)N(C(=O)OCc1ccc([N+](=O)[O-])cc1)c1ccc(C#CCNC(N)=O)cc13)CC2. The number of carbonyl (C=O) groups is 5. The number of phenolic OH excluding ortho intramolecular Hbond substituents is 1.